The van der Waals surface area contributed by atoms with Crippen LogP contribution in [0.1, 0.15) is 19.4 Å². The topological polar surface area (TPSA) is 26.3 Å². The Kier molecular flexibility index (Phi) is 3.20. The highest BCUT2D eigenvalue weighted by molar-refractivity contribution is 5.60. The lowest BCUT2D eigenvalue weighted by molar-refractivity contribution is -0.128. The summed E-state index contributed by atoms with van der Waals surface area (Å²) < 4.78 is 5.40. The molecule has 0 spiro atoms. The van der Waals surface area contributed by atoms with E-state index in [1.54, 1.807) is 13.8 Å². The largest absolute Gasteiger partial charge is 0.363 e. The molecule has 0 saturated carbocycles. The van der Waals surface area contributed by atoms with Crippen LogP contribution in [0.3, 0.4) is 0 Å². The Morgan fingerprint density at radius 3 is 2.46 bits per heavy atom. The van der Waals surface area contributed by atoms with Gasteiger partial charge in [-0.3, -0.25) is 0 Å². The van der Waals surface area contributed by atoms with E-state index < -0.39 is 5.60 Å². The fraction of sp³-hybridized carbons (Fsp3) is 0.364. The Bertz CT molecular complexity index is 265. The molecule has 0 aromatic heterocycles. The summed E-state index contributed by atoms with van der Waals surface area (Å²) in [7, 11) is 0. The molecule has 0 radical (unpaired) electrons. The SMILES string of the molecule is CC(C)(C=O)OCc1ccccc1. The van der Waals surface area contributed by atoms with Gasteiger partial charge in [-0.25, -0.2) is 0 Å². The molecular formula is C11H14O2. The van der Waals surface area contributed by atoms with Gasteiger partial charge in [-0.1, -0.05) is 30.3 Å². The van der Waals surface area contributed by atoms with Crippen molar-refractivity contribution in [3.8, 4) is 0 Å². The summed E-state index contributed by atoms with van der Waals surface area (Å²) in [4.78, 5) is 10.5. The van der Waals surface area contributed by atoms with Gasteiger partial charge in [0.1, 0.15) is 5.60 Å². The molecule has 0 aliphatic carbocycles. The zero-order valence-electron chi connectivity index (χ0n) is 7.99. The Labute approximate surface area is 78.5 Å². The van der Waals surface area contributed by atoms with Gasteiger partial charge in [-0.05, 0) is 19.4 Å². The predicted molar refractivity (Wildman–Crippen MR) is 51.4 cm³/mol. The van der Waals surface area contributed by atoms with E-state index in [4.69, 9.17) is 4.74 Å². The molecular weight excluding hydrogens is 164 g/mol. The molecule has 1 aromatic carbocycles. The molecule has 0 atom stereocenters. The van der Waals surface area contributed by atoms with Crippen LogP contribution in [0.25, 0.3) is 0 Å². The molecule has 1 rings (SSSR count). The first-order valence-corrected chi connectivity index (χ1v) is 4.28. The summed E-state index contributed by atoms with van der Waals surface area (Å²) in [6.45, 7) is 3.98. The van der Waals surface area contributed by atoms with Gasteiger partial charge in [0.05, 0.1) is 6.61 Å². The second-order valence-electron chi connectivity index (χ2n) is 3.50. The van der Waals surface area contributed by atoms with Gasteiger partial charge < -0.3 is 9.53 Å². The van der Waals surface area contributed by atoms with Crippen LogP contribution in [0, 0.1) is 0 Å². The predicted octanol–water partition coefficient (Wildman–Crippen LogP) is 2.18. The minimum Gasteiger partial charge on any atom is -0.363 e. The normalized spacial score (nSPS) is 11.2. The highest BCUT2D eigenvalue weighted by Crippen LogP contribution is 2.09. The smallest absolute Gasteiger partial charge is 0.151 e. The highest BCUT2D eigenvalue weighted by Gasteiger charge is 2.16. The number of rotatable bonds is 4. The van der Waals surface area contributed by atoms with Gasteiger partial charge in [0.25, 0.3) is 0 Å². The third-order valence-electron chi connectivity index (χ3n) is 1.74. The summed E-state index contributed by atoms with van der Waals surface area (Å²) >= 11 is 0. The monoisotopic (exact) mass is 178 g/mol. The minimum atomic E-state index is -0.685. The molecule has 0 aliphatic rings. The van der Waals surface area contributed by atoms with Crippen molar-refractivity contribution in [3.63, 3.8) is 0 Å². The first-order chi connectivity index (χ1) is 6.14. The second kappa shape index (κ2) is 4.19. The molecule has 1 aromatic rings. The van der Waals surface area contributed by atoms with E-state index in [1.165, 1.54) is 0 Å². The number of ether oxygens (including phenoxy) is 1. The summed E-state index contributed by atoms with van der Waals surface area (Å²) in [5.41, 5.74) is 0.396. The number of hydrogen-bond donors (Lipinski definition) is 0. The quantitative estimate of drug-likeness (QED) is 0.660. The first kappa shape index (κ1) is 9.93. The van der Waals surface area contributed by atoms with Gasteiger partial charge in [-0.15, -0.1) is 0 Å². The lowest BCUT2D eigenvalue weighted by atomic mass is 10.1. The third-order valence-corrected chi connectivity index (χ3v) is 1.74. The summed E-state index contributed by atoms with van der Waals surface area (Å²) in [6, 6.07) is 9.80. The molecule has 0 heterocycles. The van der Waals surface area contributed by atoms with Crippen molar-refractivity contribution in [2.24, 2.45) is 0 Å². The molecule has 2 nitrogen and oxygen atoms in total. The van der Waals surface area contributed by atoms with E-state index in [9.17, 15) is 4.79 Å². The van der Waals surface area contributed by atoms with E-state index in [2.05, 4.69) is 0 Å². The number of carbonyl (C=O) groups excluding carboxylic acids is 1. The maximum absolute atomic E-state index is 10.5. The van der Waals surface area contributed by atoms with Gasteiger partial charge >= 0.3 is 0 Å². The lowest BCUT2D eigenvalue weighted by Gasteiger charge is -2.17. The van der Waals surface area contributed by atoms with Gasteiger partial charge in [-0.2, -0.15) is 0 Å². The van der Waals surface area contributed by atoms with Crippen LogP contribution in [0.4, 0.5) is 0 Å². The first-order valence-electron chi connectivity index (χ1n) is 4.28. The van der Waals surface area contributed by atoms with Crippen LogP contribution in [-0.2, 0) is 16.1 Å². The van der Waals surface area contributed by atoms with E-state index >= 15 is 0 Å². The summed E-state index contributed by atoms with van der Waals surface area (Å²) in [5.74, 6) is 0. The zero-order chi connectivity index (χ0) is 9.73. The number of benzene rings is 1. The highest BCUT2D eigenvalue weighted by atomic mass is 16.5. The van der Waals surface area contributed by atoms with Crippen LogP contribution < -0.4 is 0 Å². The standard InChI is InChI=1S/C11H14O2/c1-11(2,9-12)13-8-10-6-4-3-5-7-10/h3-7,9H,8H2,1-2H3. The van der Waals surface area contributed by atoms with Crippen LogP contribution in [0.2, 0.25) is 0 Å². The maximum atomic E-state index is 10.5. The van der Waals surface area contributed by atoms with E-state index in [1.807, 2.05) is 30.3 Å². The summed E-state index contributed by atoms with van der Waals surface area (Å²) in [6.07, 6.45) is 0.815. The van der Waals surface area contributed by atoms with Crippen LogP contribution in [-0.4, -0.2) is 11.9 Å². The second-order valence-corrected chi connectivity index (χ2v) is 3.50. The fourth-order valence-corrected chi connectivity index (χ4v) is 0.878. The molecule has 2 heteroatoms. The Hall–Kier alpha value is -1.15. The average Bonchev–Trinajstić information content (AvgIpc) is 2.17. The molecule has 0 aliphatic heterocycles. The van der Waals surface area contributed by atoms with Crippen molar-refractivity contribution in [2.45, 2.75) is 26.1 Å². The van der Waals surface area contributed by atoms with Crippen molar-refractivity contribution in [2.75, 3.05) is 0 Å². The average molecular weight is 178 g/mol. The molecule has 0 N–H and O–H groups in total. The third kappa shape index (κ3) is 3.38. The van der Waals surface area contributed by atoms with Crippen molar-refractivity contribution in [1.82, 2.24) is 0 Å². The molecule has 0 unspecified atom stereocenters. The minimum absolute atomic E-state index is 0.479. The van der Waals surface area contributed by atoms with Crippen LogP contribution in [0.5, 0.6) is 0 Å². The van der Waals surface area contributed by atoms with Crippen LogP contribution in [0.15, 0.2) is 30.3 Å². The molecule has 0 bridgehead atoms. The molecule has 0 fully saturated rings. The van der Waals surface area contributed by atoms with Gasteiger partial charge in [0, 0.05) is 0 Å². The van der Waals surface area contributed by atoms with E-state index in [0.717, 1.165) is 11.8 Å². The number of carbonyl (C=O) groups is 1. The lowest BCUT2D eigenvalue weighted by Crippen LogP contribution is -2.25. The summed E-state index contributed by atoms with van der Waals surface area (Å²) in [5, 5.41) is 0. The van der Waals surface area contributed by atoms with Crippen molar-refractivity contribution in [3.05, 3.63) is 35.9 Å². The van der Waals surface area contributed by atoms with Crippen molar-refractivity contribution in [1.29, 1.82) is 0 Å². The van der Waals surface area contributed by atoms with Crippen LogP contribution >= 0.6 is 0 Å². The number of aldehydes is 1. The van der Waals surface area contributed by atoms with E-state index in [0.29, 0.717) is 6.61 Å². The van der Waals surface area contributed by atoms with Crippen molar-refractivity contribution < 1.29 is 9.53 Å². The zero-order valence-corrected chi connectivity index (χ0v) is 7.99. The molecule has 0 saturated heterocycles. The Morgan fingerprint density at radius 2 is 1.92 bits per heavy atom. The van der Waals surface area contributed by atoms with Gasteiger partial charge in [0.15, 0.2) is 6.29 Å². The fourth-order valence-electron chi connectivity index (χ4n) is 0.878. The Morgan fingerprint density at radius 1 is 1.31 bits per heavy atom. The van der Waals surface area contributed by atoms with Crippen molar-refractivity contribution >= 4 is 6.29 Å². The molecule has 0 amide bonds. The Balaban J connectivity index is 2.48. The maximum Gasteiger partial charge on any atom is 0.151 e. The van der Waals surface area contributed by atoms with E-state index in [-0.39, 0.29) is 0 Å². The molecule has 70 valence electrons. The number of hydrogen-bond acceptors (Lipinski definition) is 2. The van der Waals surface area contributed by atoms with Gasteiger partial charge in [0.2, 0.25) is 0 Å². The molecule has 13 heavy (non-hydrogen) atoms.